The molecule has 0 heterocycles. The second kappa shape index (κ2) is 9.91. The van der Waals surface area contributed by atoms with Crippen molar-refractivity contribution in [3.05, 3.63) is 66.2 Å². The van der Waals surface area contributed by atoms with E-state index in [1.165, 1.54) is 11.4 Å². The molecule has 126 valence electrons. The number of carbonyl (C=O) groups is 2. The van der Waals surface area contributed by atoms with Gasteiger partial charge in [0.1, 0.15) is 0 Å². The van der Waals surface area contributed by atoms with Crippen molar-refractivity contribution in [2.24, 2.45) is 0 Å². The number of benzene rings is 2. The van der Waals surface area contributed by atoms with Gasteiger partial charge in [-0.25, -0.2) is 0 Å². The summed E-state index contributed by atoms with van der Waals surface area (Å²) in [6.45, 7) is 1.78. The molecule has 1 amide bonds. The fourth-order valence-corrected chi connectivity index (χ4v) is 3.79. The van der Waals surface area contributed by atoms with Crippen LogP contribution >= 0.6 is 0 Å². The minimum atomic E-state index is -0.644. The predicted octanol–water partition coefficient (Wildman–Crippen LogP) is 1.72. The second-order valence-electron chi connectivity index (χ2n) is 5.27. The van der Waals surface area contributed by atoms with Crippen molar-refractivity contribution >= 4 is 31.3 Å². The number of esters is 1. The molecule has 2 aromatic carbocycles. The van der Waals surface area contributed by atoms with Gasteiger partial charge in [-0.1, -0.05) is 0 Å². The van der Waals surface area contributed by atoms with Gasteiger partial charge in [-0.15, -0.1) is 0 Å². The molecule has 4 nitrogen and oxygen atoms in total. The molecule has 24 heavy (non-hydrogen) atoms. The third-order valence-corrected chi connectivity index (χ3v) is 5.33. The summed E-state index contributed by atoms with van der Waals surface area (Å²) in [5, 5.41) is 3.50. The zero-order chi connectivity index (χ0) is 17.2. The predicted molar refractivity (Wildman–Crippen MR) is 95.3 cm³/mol. The molecule has 5 heteroatoms. The third kappa shape index (κ3) is 6.57. The van der Waals surface area contributed by atoms with E-state index >= 15 is 0 Å². The van der Waals surface area contributed by atoms with Crippen LogP contribution in [0.25, 0.3) is 0 Å². The Morgan fingerprint density at radius 1 is 1.04 bits per heavy atom. The topological polar surface area (TPSA) is 55.4 Å². The van der Waals surface area contributed by atoms with Gasteiger partial charge < -0.3 is 0 Å². The summed E-state index contributed by atoms with van der Waals surface area (Å²) < 4.78 is 6.64. The summed E-state index contributed by atoms with van der Waals surface area (Å²) in [6, 6.07) is 19.1. The van der Waals surface area contributed by atoms with Crippen LogP contribution in [0.1, 0.15) is 12.5 Å². The van der Waals surface area contributed by atoms with E-state index in [-0.39, 0.29) is 26.8 Å². The summed E-state index contributed by atoms with van der Waals surface area (Å²) in [5.41, 5.74) is 0.988. The van der Waals surface area contributed by atoms with Crippen molar-refractivity contribution in [1.29, 1.82) is 0 Å². The van der Waals surface area contributed by atoms with Gasteiger partial charge >= 0.3 is 148 Å². The Morgan fingerprint density at radius 3 is 2.29 bits per heavy atom. The molecule has 0 aliphatic heterocycles. The molecule has 0 unspecified atom stereocenters. The van der Waals surface area contributed by atoms with Gasteiger partial charge in [0.05, 0.1) is 0 Å². The average Bonchev–Trinajstić information content (AvgIpc) is 2.59. The van der Waals surface area contributed by atoms with Crippen molar-refractivity contribution in [2.45, 2.75) is 24.7 Å². The van der Waals surface area contributed by atoms with E-state index in [1.807, 2.05) is 48.5 Å². The maximum absolute atomic E-state index is 12.3. The van der Waals surface area contributed by atoms with E-state index in [1.54, 1.807) is 0 Å². The Kier molecular flexibility index (Phi) is 7.53. The van der Waals surface area contributed by atoms with Crippen molar-refractivity contribution in [3.63, 3.8) is 0 Å². The molecule has 0 radical (unpaired) electrons. The van der Waals surface area contributed by atoms with Crippen LogP contribution in [0, 0.1) is 0 Å². The Balaban J connectivity index is 1.82. The van der Waals surface area contributed by atoms with Gasteiger partial charge in [-0.05, 0) is 0 Å². The molecule has 0 aliphatic carbocycles. The first-order chi connectivity index (χ1) is 11.6. The quantitative estimate of drug-likeness (QED) is 0.424. The number of ether oxygens (including phenoxy) is 1. The monoisotopic (exact) mass is 391 g/mol. The van der Waals surface area contributed by atoms with Crippen LogP contribution in [0.2, 0.25) is 5.32 Å². The minimum absolute atomic E-state index is 0.235. The molecular formula is C19H21NO3Se. The average molecular weight is 390 g/mol. The van der Waals surface area contributed by atoms with Gasteiger partial charge in [0.25, 0.3) is 0 Å². The van der Waals surface area contributed by atoms with E-state index < -0.39 is 6.04 Å². The molecule has 0 bridgehead atoms. The molecule has 0 aromatic heterocycles. The molecule has 0 saturated carbocycles. The van der Waals surface area contributed by atoms with Crippen LogP contribution < -0.4 is 9.78 Å². The first-order valence-corrected chi connectivity index (χ1v) is 9.87. The fraction of sp³-hybridized carbons (Fsp3) is 0.263. The normalized spacial score (nSPS) is 11.5. The van der Waals surface area contributed by atoms with E-state index in [2.05, 4.69) is 17.4 Å². The van der Waals surface area contributed by atoms with Gasteiger partial charge in [0, 0.05) is 0 Å². The summed E-state index contributed by atoms with van der Waals surface area (Å²) in [7, 11) is 0. The number of hydrogen-bond acceptors (Lipinski definition) is 3. The van der Waals surface area contributed by atoms with Gasteiger partial charge in [0.15, 0.2) is 0 Å². The summed E-state index contributed by atoms with van der Waals surface area (Å²) in [5.74, 6) is -0.612. The van der Waals surface area contributed by atoms with Gasteiger partial charge in [0.2, 0.25) is 0 Å². The van der Waals surface area contributed by atoms with E-state index in [9.17, 15) is 9.59 Å². The van der Waals surface area contributed by atoms with Gasteiger partial charge in [-0.2, -0.15) is 0 Å². The van der Waals surface area contributed by atoms with Crippen LogP contribution in [0.4, 0.5) is 0 Å². The molecule has 0 saturated heterocycles. The molecule has 0 aliphatic rings. The van der Waals surface area contributed by atoms with E-state index in [4.69, 9.17) is 4.74 Å². The summed E-state index contributed by atoms with van der Waals surface area (Å²) in [4.78, 5) is 23.6. The Labute approximate surface area is 148 Å². The van der Waals surface area contributed by atoms with Crippen molar-refractivity contribution in [2.75, 3.05) is 6.61 Å². The number of hydrogen-bond donors (Lipinski definition) is 1. The van der Waals surface area contributed by atoms with E-state index in [0.29, 0.717) is 13.0 Å². The van der Waals surface area contributed by atoms with Crippen molar-refractivity contribution < 1.29 is 14.3 Å². The first kappa shape index (κ1) is 18.2. The number of amides is 1. The Bertz CT molecular complexity index is 646. The summed E-state index contributed by atoms with van der Waals surface area (Å²) >= 11 is 0.282. The summed E-state index contributed by atoms with van der Waals surface area (Å²) in [6.07, 6.45) is 0.434. The number of nitrogens with one attached hydrogen (secondary N) is 1. The molecule has 2 aromatic rings. The molecule has 2 rings (SSSR count). The van der Waals surface area contributed by atoms with Crippen LogP contribution in [-0.4, -0.2) is 39.5 Å². The van der Waals surface area contributed by atoms with Crippen molar-refractivity contribution in [3.8, 4) is 0 Å². The van der Waals surface area contributed by atoms with Crippen molar-refractivity contribution in [1.82, 2.24) is 5.32 Å². The van der Waals surface area contributed by atoms with Crippen LogP contribution in [0.15, 0.2) is 60.7 Å². The molecular weight excluding hydrogens is 369 g/mol. The standard InChI is InChI=1S/C19H21NO3Se/c1-15(21)20-18(14-16-8-4-2-5-9-16)19(22)23-12-13-24-17-10-6-3-7-11-17/h2-11,18H,12-14H2,1H3,(H,20,21)/t18-/m0/s1. The van der Waals surface area contributed by atoms with E-state index in [0.717, 1.165) is 10.9 Å². The zero-order valence-electron chi connectivity index (χ0n) is 13.6. The second-order valence-corrected chi connectivity index (χ2v) is 7.72. The van der Waals surface area contributed by atoms with Crippen LogP contribution in [-0.2, 0) is 20.7 Å². The molecule has 0 spiro atoms. The zero-order valence-corrected chi connectivity index (χ0v) is 15.3. The van der Waals surface area contributed by atoms with Crippen LogP contribution in [0.3, 0.4) is 0 Å². The first-order valence-electron chi connectivity index (χ1n) is 7.80. The SMILES string of the molecule is CC(=O)N[C@@H](Cc1ccccc1)C(=O)OCC[Se]c1ccccc1. The van der Waals surface area contributed by atoms with Crippen LogP contribution in [0.5, 0.6) is 0 Å². The molecule has 1 atom stereocenters. The number of rotatable bonds is 8. The Hall–Kier alpha value is -2.10. The Morgan fingerprint density at radius 2 is 1.67 bits per heavy atom. The molecule has 0 fully saturated rings. The van der Waals surface area contributed by atoms with Gasteiger partial charge in [-0.3, -0.25) is 0 Å². The number of carbonyl (C=O) groups excluding carboxylic acids is 2. The molecule has 1 N–H and O–H groups in total. The maximum atomic E-state index is 12.3. The fourth-order valence-electron chi connectivity index (χ4n) is 2.21. The third-order valence-electron chi connectivity index (χ3n) is 3.28.